The number of ketones is 1. The number of phenolic OH excluding ortho intramolecular Hbond substituents is 2. The van der Waals surface area contributed by atoms with Crippen molar-refractivity contribution in [3.05, 3.63) is 70.3 Å². The van der Waals surface area contributed by atoms with Crippen LogP contribution >= 0.6 is 11.6 Å². The number of methoxy groups -OCH3 is 1. The summed E-state index contributed by atoms with van der Waals surface area (Å²) >= 11 is 6.23. The Morgan fingerprint density at radius 3 is 2.55 bits per heavy atom. The maximum atomic E-state index is 13.1. The summed E-state index contributed by atoms with van der Waals surface area (Å²) in [5.41, 5.74) is 0.625. The number of benzene rings is 2. The Hall–Kier alpha value is -2.83. The summed E-state index contributed by atoms with van der Waals surface area (Å²) in [5.74, 6) is -1.95. The molecule has 2 aromatic carbocycles. The third kappa shape index (κ3) is 5.66. The average Bonchev–Trinajstić information content (AvgIpc) is 2.75. The van der Waals surface area contributed by atoms with Crippen molar-refractivity contribution in [2.75, 3.05) is 7.11 Å². The molecular weight excluding hydrogens is 420 g/mol. The van der Waals surface area contributed by atoms with Gasteiger partial charge in [0.1, 0.15) is 28.9 Å². The number of fused-ring (bicyclic) bond motifs is 1. The number of aromatic hydroxyl groups is 2. The van der Waals surface area contributed by atoms with Crippen molar-refractivity contribution < 1.29 is 29.3 Å². The van der Waals surface area contributed by atoms with Crippen LogP contribution in [0.5, 0.6) is 11.5 Å². The first-order valence-corrected chi connectivity index (χ1v) is 10.5. The van der Waals surface area contributed by atoms with Crippen LogP contribution in [0, 0.1) is 0 Å². The number of carbonyl (C=O) groups is 2. The minimum atomic E-state index is -0.815. The van der Waals surface area contributed by atoms with Crippen molar-refractivity contribution in [3.8, 4) is 11.5 Å². The van der Waals surface area contributed by atoms with Crippen LogP contribution in [0.25, 0.3) is 0 Å². The molecule has 2 atom stereocenters. The SMILES string of the molecule is COC1CC/C=C/CC(c2ccccc2)OC(=O)c2c(O)cc(O)c(Cl)c2CC(=O)C1. The molecule has 1 heterocycles. The molecule has 0 bridgehead atoms. The Morgan fingerprint density at radius 1 is 1.10 bits per heavy atom. The first kappa shape index (κ1) is 22.8. The number of Topliss-reactive ketones (excluding diaryl/α,β-unsaturated/α-hetero) is 1. The topological polar surface area (TPSA) is 93.1 Å². The van der Waals surface area contributed by atoms with Crippen molar-refractivity contribution in [2.45, 2.75) is 44.3 Å². The maximum absolute atomic E-state index is 13.1. The van der Waals surface area contributed by atoms with Gasteiger partial charge in [-0.15, -0.1) is 0 Å². The summed E-state index contributed by atoms with van der Waals surface area (Å²) in [5, 5.41) is 20.3. The smallest absolute Gasteiger partial charge is 0.342 e. The normalized spacial score (nSPS) is 21.6. The van der Waals surface area contributed by atoms with Crippen LogP contribution in [0.2, 0.25) is 5.02 Å². The van der Waals surface area contributed by atoms with E-state index in [0.717, 1.165) is 11.6 Å². The molecule has 1 aliphatic heterocycles. The van der Waals surface area contributed by atoms with Gasteiger partial charge in [-0.25, -0.2) is 4.79 Å². The number of esters is 1. The van der Waals surface area contributed by atoms with Gasteiger partial charge in [0.15, 0.2) is 0 Å². The number of carbonyl (C=O) groups excluding carboxylic acids is 2. The molecule has 0 saturated carbocycles. The van der Waals surface area contributed by atoms with Crippen LogP contribution < -0.4 is 0 Å². The monoisotopic (exact) mass is 444 g/mol. The first-order valence-electron chi connectivity index (χ1n) is 10.1. The number of halogens is 1. The van der Waals surface area contributed by atoms with Gasteiger partial charge in [0.05, 0.1) is 11.1 Å². The maximum Gasteiger partial charge on any atom is 0.342 e. The Labute approximate surface area is 186 Å². The highest BCUT2D eigenvalue weighted by Gasteiger charge is 2.28. The van der Waals surface area contributed by atoms with Crippen LogP contribution in [0.15, 0.2) is 48.6 Å². The molecule has 2 N–H and O–H groups in total. The molecule has 1 aliphatic rings. The third-order valence-electron chi connectivity index (χ3n) is 5.28. The van der Waals surface area contributed by atoms with Crippen LogP contribution in [0.1, 0.15) is 53.3 Å². The lowest BCUT2D eigenvalue weighted by Crippen LogP contribution is -2.20. The quantitative estimate of drug-likeness (QED) is 0.505. The summed E-state index contributed by atoms with van der Waals surface area (Å²) in [6.45, 7) is 0. The molecule has 0 aliphatic carbocycles. The molecule has 164 valence electrons. The van der Waals surface area contributed by atoms with Gasteiger partial charge >= 0.3 is 5.97 Å². The highest BCUT2D eigenvalue weighted by atomic mass is 35.5. The molecule has 0 fully saturated rings. The third-order valence-corrected chi connectivity index (χ3v) is 5.70. The number of rotatable bonds is 2. The van der Waals surface area contributed by atoms with Gasteiger partial charge in [-0.2, -0.15) is 0 Å². The van der Waals surface area contributed by atoms with Gasteiger partial charge in [0, 0.05) is 38.0 Å². The van der Waals surface area contributed by atoms with E-state index < -0.39 is 23.6 Å². The second-order valence-corrected chi connectivity index (χ2v) is 7.83. The summed E-state index contributed by atoms with van der Waals surface area (Å²) in [6.07, 6.45) is 4.71. The molecule has 0 amide bonds. The molecule has 0 spiro atoms. The predicted octanol–water partition coefficient (Wildman–Crippen LogP) is 4.91. The van der Waals surface area contributed by atoms with Crippen molar-refractivity contribution in [2.24, 2.45) is 0 Å². The highest BCUT2D eigenvalue weighted by molar-refractivity contribution is 6.33. The lowest BCUT2D eigenvalue weighted by atomic mass is 9.96. The van der Waals surface area contributed by atoms with Crippen molar-refractivity contribution in [1.82, 2.24) is 0 Å². The number of allylic oxidation sites excluding steroid dienone is 1. The Morgan fingerprint density at radius 2 is 1.84 bits per heavy atom. The Balaban J connectivity index is 2.05. The predicted molar refractivity (Wildman–Crippen MR) is 116 cm³/mol. The van der Waals surface area contributed by atoms with E-state index in [1.165, 1.54) is 0 Å². The average molecular weight is 445 g/mol. The van der Waals surface area contributed by atoms with E-state index in [0.29, 0.717) is 19.3 Å². The molecule has 0 saturated heterocycles. The molecule has 7 heteroatoms. The van der Waals surface area contributed by atoms with Crippen LogP contribution in [0.3, 0.4) is 0 Å². The standard InChI is InChI=1S/C24H25ClO6/c1-30-17-10-6-3-7-11-21(15-8-4-2-5-9-15)31-24(29)22-18(13-16(26)12-17)23(25)20(28)14-19(22)27/h2-5,7-9,14,17,21,27-28H,6,10-13H2,1H3/b7-3+. The molecule has 2 aromatic rings. The molecular formula is C24H25ClO6. The van der Waals surface area contributed by atoms with Gasteiger partial charge in [0.2, 0.25) is 0 Å². The number of hydrogen-bond donors (Lipinski definition) is 2. The van der Waals surface area contributed by atoms with Gasteiger partial charge < -0.3 is 19.7 Å². The van der Waals surface area contributed by atoms with Crippen LogP contribution in [-0.4, -0.2) is 35.2 Å². The van der Waals surface area contributed by atoms with E-state index in [9.17, 15) is 19.8 Å². The second kappa shape index (κ2) is 10.5. The number of ether oxygens (including phenoxy) is 2. The number of phenols is 2. The van der Waals surface area contributed by atoms with E-state index in [1.807, 2.05) is 42.5 Å². The fourth-order valence-corrected chi connectivity index (χ4v) is 3.85. The van der Waals surface area contributed by atoms with Gasteiger partial charge in [-0.3, -0.25) is 4.79 Å². The second-order valence-electron chi connectivity index (χ2n) is 7.45. The molecule has 6 nitrogen and oxygen atoms in total. The highest BCUT2D eigenvalue weighted by Crippen LogP contribution is 2.38. The van der Waals surface area contributed by atoms with E-state index >= 15 is 0 Å². The van der Waals surface area contributed by atoms with Crippen molar-refractivity contribution >= 4 is 23.4 Å². The van der Waals surface area contributed by atoms with Crippen LogP contribution in [-0.2, 0) is 20.7 Å². The Kier molecular flexibility index (Phi) is 7.71. The summed E-state index contributed by atoms with van der Waals surface area (Å²) < 4.78 is 11.2. The molecule has 0 aromatic heterocycles. The summed E-state index contributed by atoms with van der Waals surface area (Å²) in [6, 6.07) is 10.2. The van der Waals surface area contributed by atoms with E-state index in [-0.39, 0.29) is 40.9 Å². The van der Waals surface area contributed by atoms with Gasteiger partial charge in [0.25, 0.3) is 0 Å². The minimum absolute atomic E-state index is 0.0448. The zero-order chi connectivity index (χ0) is 22.4. The van der Waals surface area contributed by atoms with E-state index in [4.69, 9.17) is 21.1 Å². The number of cyclic esters (lactones) is 1. The first-order chi connectivity index (χ1) is 14.9. The van der Waals surface area contributed by atoms with Gasteiger partial charge in [-0.05, 0) is 18.4 Å². The molecule has 2 unspecified atom stereocenters. The summed E-state index contributed by atoms with van der Waals surface area (Å²) in [4.78, 5) is 25.8. The van der Waals surface area contributed by atoms with E-state index in [1.54, 1.807) is 7.11 Å². The molecule has 0 radical (unpaired) electrons. The number of hydrogen-bond acceptors (Lipinski definition) is 6. The lowest BCUT2D eigenvalue weighted by Gasteiger charge is -2.20. The molecule has 31 heavy (non-hydrogen) atoms. The zero-order valence-corrected chi connectivity index (χ0v) is 18.0. The van der Waals surface area contributed by atoms with E-state index in [2.05, 4.69) is 0 Å². The minimum Gasteiger partial charge on any atom is -0.507 e. The van der Waals surface area contributed by atoms with Gasteiger partial charge in [-0.1, -0.05) is 54.1 Å². The Bertz CT molecular complexity index is 970. The zero-order valence-electron chi connectivity index (χ0n) is 17.2. The lowest BCUT2D eigenvalue weighted by molar-refractivity contribution is -0.120. The van der Waals surface area contributed by atoms with Crippen LogP contribution in [0.4, 0.5) is 0 Å². The summed E-state index contributed by atoms with van der Waals surface area (Å²) in [7, 11) is 1.55. The fourth-order valence-electron chi connectivity index (χ4n) is 3.63. The molecule has 3 rings (SSSR count). The van der Waals surface area contributed by atoms with Crippen molar-refractivity contribution in [1.29, 1.82) is 0 Å². The van der Waals surface area contributed by atoms with Crippen molar-refractivity contribution in [3.63, 3.8) is 0 Å². The largest absolute Gasteiger partial charge is 0.507 e. The fraction of sp³-hybridized carbons (Fsp3) is 0.333.